The zero-order valence-electron chi connectivity index (χ0n) is 11.4. The lowest BCUT2D eigenvalue weighted by Crippen LogP contribution is -2.42. The molecule has 8 heteroatoms. The fraction of sp³-hybridized carbons (Fsp3) is 0.286. The minimum atomic E-state index is -2.84. The Morgan fingerprint density at radius 2 is 2.09 bits per heavy atom. The first-order chi connectivity index (χ1) is 10.3. The van der Waals surface area contributed by atoms with Gasteiger partial charge in [0.25, 0.3) is 5.91 Å². The van der Waals surface area contributed by atoms with E-state index >= 15 is 0 Å². The van der Waals surface area contributed by atoms with Gasteiger partial charge in [0.1, 0.15) is 11.6 Å². The van der Waals surface area contributed by atoms with Gasteiger partial charge in [0, 0.05) is 21.8 Å². The number of furan rings is 1. The zero-order valence-corrected chi connectivity index (χ0v) is 13.0. The van der Waals surface area contributed by atoms with E-state index in [1.807, 2.05) is 0 Å². The number of halogens is 3. The first-order valence-electron chi connectivity index (χ1n) is 6.30. The molecule has 1 atom stereocenters. The van der Waals surface area contributed by atoms with E-state index < -0.39 is 30.8 Å². The highest BCUT2D eigenvalue weighted by Gasteiger charge is 2.27. The Labute approximate surface area is 132 Å². The van der Waals surface area contributed by atoms with Gasteiger partial charge in [-0.05, 0) is 25.1 Å². The molecule has 0 aliphatic carbocycles. The smallest absolute Gasteiger partial charge is 0.326 e. The highest BCUT2D eigenvalue weighted by Crippen LogP contribution is 2.28. The van der Waals surface area contributed by atoms with Crippen LogP contribution >= 0.6 is 15.9 Å². The number of aryl methyl sites for hydroxylation is 1. The lowest BCUT2D eigenvalue weighted by Gasteiger charge is -2.13. The summed E-state index contributed by atoms with van der Waals surface area (Å²) in [5, 5.41) is 11.6. The molecule has 1 heterocycles. The van der Waals surface area contributed by atoms with Crippen LogP contribution in [0.2, 0.25) is 0 Å². The van der Waals surface area contributed by atoms with Crippen LogP contribution in [0.1, 0.15) is 22.5 Å². The van der Waals surface area contributed by atoms with Gasteiger partial charge in [-0.2, -0.15) is 0 Å². The standard InChI is InChI=1S/C14H12BrF2NO4/c1-6-8-4-7(15)2-3-10(8)22-12(6)13(19)18-9(14(20)21)5-11(16)17/h2-4,9,11H,5H2,1H3,(H,18,19)(H,20,21). The molecule has 118 valence electrons. The number of hydrogen-bond acceptors (Lipinski definition) is 3. The average Bonchev–Trinajstić information content (AvgIpc) is 2.74. The fourth-order valence-corrected chi connectivity index (χ4v) is 2.39. The maximum Gasteiger partial charge on any atom is 0.326 e. The van der Waals surface area contributed by atoms with E-state index in [9.17, 15) is 18.4 Å². The summed E-state index contributed by atoms with van der Waals surface area (Å²) in [6, 6.07) is 3.45. The summed E-state index contributed by atoms with van der Waals surface area (Å²) < 4.78 is 30.9. The number of hydrogen-bond donors (Lipinski definition) is 2. The molecule has 0 spiro atoms. The Hall–Kier alpha value is -1.96. The van der Waals surface area contributed by atoms with Crippen molar-refractivity contribution < 1.29 is 27.9 Å². The SMILES string of the molecule is Cc1c(C(=O)NC(CC(F)F)C(=O)O)oc2ccc(Br)cc12. The van der Waals surface area contributed by atoms with Crippen molar-refractivity contribution in [2.75, 3.05) is 0 Å². The number of carboxylic acids is 1. The molecule has 0 aliphatic heterocycles. The van der Waals surface area contributed by atoms with E-state index in [0.29, 0.717) is 16.5 Å². The van der Waals surface area contributed by atoms with Crippen LogP contribution < -0.4 is 5.32 Å². The first-order valence-corrected chi connectivity index (χ1v) is 7.09. The number of carboxylic acid groups (broad SMARTS) is 1. The molecular weight excluding hydrogens is 364 g/mol. The number of alkyl halides is 2. The molecule has 1 amide bonds. The van der Waals surface area contributed by atoms with Gasteiger partial charge in [0.05, 0.1) is 0 Å². The Kier molecular flexibility index (Phi) is 4.80. The number of amides is 1. The van der Waals surface area contributed by atoms with Crippen LogP contribution in [-0.2, 0) is 4.79 Å². The molecule has 1 aromatic carbocycles. The summed E-state index contributed by atoms with van der Waals surface area (Å²) in [5.41, 5.74) is 0.960. The lowest BCUT2D eigenvalue weighted by atomic mass is 10.1. The van der Waals surface area contributed by atoms with Crippen LogP contribution in [0.15, 0.2) is 27.1 Å². The molecule has 0 radical (unpaired) electrons. The van der Waals surface area contributed by atoms with Crippen molar-refractivity contribution in [3.8, 4) is 0 Å². The molecule has 2 rings (SSSR count). The van der Waals surface area contributed by atoms with E-state index in [1.165, 1.54) is 0 Å². The molecule has 1 aromatic heterocycles. The Bertz CT molecular complexity index is 729. The maximum absolute atomic E-state index is 12.3. The Morgan fingerprint density at radius 1 is 1.41 bits per heavy atom. The predicted octanol–water partition coefficient (Wildman–Crippen LogP) is 3.34. The van der Waals surface area contributed by atoms with Crippen LogP contribution in [0, 0.1) is 6.92 Å². The van der Waals surface area contributed by atoms with E-state index in [4.69, 9.17) is 9.52 Å². The minimum Gasteiger partial charge on any atom is -0.480 e. The minimum absolute atomic E-state index is 0.0892. The van der Waals surface area contributed by atoms with Crippen LogP contribution in [-0.4, -0.2) is 29.5 Å². The topological polar surface area (TPSA) is 79.5 Å². The number of fused-ring (bicyclic) bond motifs is 1. The van der Waals surface area contributed by atoms with Crippen molar-refractivity contribution in [2.24, 2.45) is 0 Å². The van der Waals surface area contributed by atoms with E-state index in [0.717, 1.165) is 4.47 Å². The third kappa shape index (κ3) is 3.44. The maximum atomic E-state index is 12.3. The van der Waals surface area contributed by atoms with Gasteiger partial charge in [-0.25, -0.2) is 13.6 Å². The number of carbonyl (C=O) groups excluding carboxylic acids is 1. The van der Waals surface area contributed by atoms with Crippen molar-refractivity contribution in [1.82, 2.24) is 5.32 Å². The molecule has 1 unspecified atom stereocenters. The number of aliphatic carboxylic acids is 1. The van der Waals surface area contributed by atoms with E-state index in [-0.39, 0.29) is 5.76 Å². The molecule has 0 bridgehead atoms. The van der Waals surface area contributed by atoms with Crippen LogP contribution in [0.5, 0.6) is 0 Å². The summed E-state index contributed by atoms with van der Waals surface area (Å²) in [6.07, 6.45) is -3.81. The van der Waals surface area contributed by atoms with Gasteiger partial charge in [-0.1, -0.05) is 15.9 Å². The van der Waals surface area contributed by atoms with Crippen molar-refractivity contribution in [3.05, 3.63) is 34.0 Å². The molecule has 5 nitrogen and oxygen atoms in total. The summed E-state index contributed by atoms with van der Waals surface area (Å²) in [6.45, 7) is 1.63. The van der Waals surface area contributed by atoms with Gasteiger partial charge in [-0.15, -0.1) is 0 Å². The predicted molar refractivity (Wildman–Crippen MR) is 78.2 cm³/mol. The second-order valence-electron chi connectivity index (χ2n) is 4.69. The highest BCUT2D eigenvalue weighted by molar-refractivity contribution is 9.10. The zero-order chi connectivity index (χ0) is 16.4. The van der Waals surface area contributed by atoms with Gasteiger partial charge >= 0.3 is 5.97 Å². The van der Waals surface area contributed by atoms with Gasteiger partial charge in [-0.3, -0.25) is 4.79 Å². The average molecular weight is 376 g/mol. The van der Waals surface area contributed by atoms with E-state index in [1.54, 1.807) is 25.1 Å². The first kappa shape index (κ1) is 16.4. The number of nitrogens with one attached hydrogen (secondary N) is 1. The van der Waals surface area contributed by atoms with Crippen molar-refractivity contribution in [3.63, 3.8) is 0 Å². The largest absolute Gasteiger partial charge is 0.480 e. The molecule has 0 saturated heterocycles. The summed E-state index contributed by atoms with van der Waals surface area (Å²) in [5.74, 6) is -2.45. The molecule has 2 aromatic rings. The van der Waals surface area contributed by atoms with Gasteiger partial charge in [0.2, 0.25) is 6.43 Å². The van der Waals surface area contributed by atoms with E-state index in [2.05, 4.69) is 21.2 Å². The second-order valence-corrected chi connectivity index (χ2v) is 5.60. The summed E-state index contributed by atoms with van der Waals surface area (Å²) >= 11 is 3.30. The molecule has 0 fully saturated rings. The number of benzene rings is 1. The van der Waals surface area contributed by atoms with Crippen LogP contribution in [0.3, 0.4) is 0 Å². The highest BCUT2D eigenvalue weighted by atomic mass is 79.9. The molecule has 22 heavy (non-hydrogen) atoms. The van der Waals surface area contributed by atoms with Crippen LogP contribution in [0.4, 0.5) is 8.78 Å². The van der Waals surface area contributed by atoms with Crippen molar-refractivity contribution in [2.45, 2.75) is 25.8 Å². The third-order valence-electron chi connectivity index (χ3n) is 3.12. The van der Waals surface area contributed by atoms with Crippen molar-refractivity contribution in [1.29, 1.82) is 0 Å². The fourth-order valence-electron chi connectivity index (χ4n) is 2.03. The van der Waals surface area contributed by atoms with Gasteiger partial charge in [0.15, 0.2) is 5.76 Å². The Morgan fingerprint density at radius 3 is 2.68 bits per heavy atom. The second kappa shape index (κ2) is 6.43. The summed E-state index contributed by atoms with van der Waals surface area (Å²) in [4.78, 5) is 23.0. The van der Waals surface area contributed by atoms with Gasteiger partial charge < -0.3 is 14.8 Å². The van der Waals surface area contributed by atoms with Crippen LogP contribution in [0.25, 0.3) is 11.0 Å². The third-order valence-corrected chi connectivity index (χ3v) is 3.62. The van der Waals surface area contributed by atoms with Crippen molar-refractivity contribution >= 4 is 38.8 Å². The lowest BCUT2D eigenvalue weighted by molar-refractivity contribution is -0.140. The number of carbonyl (C=O) groups is 2. The monoisotopic (exact) mass is 375 g/mol. The molecule has 2 N–H and O–H groups in total. The molecule has 0 saturated carbocycles. The summed E-state index contributed by atoms with van der Waals surface area (Å²) in [7, 11) is 0. The quantitative estimate of drug-likeness (QED) is 0.839. The normalized spacial score (nSPS) is 12.6. The molecular formula is C14H12BrF2NO4. The molecule has 0 aliphatic rings. The Balaban J connectivity index is 2.29. The number of rotatable bonds is 5.